The lowest BCUT2D eigenvalue weighted by Crippen LogP contribution is -2.42. The molecule has 2 atom stereocenters. The Morgan fingerprint density at radius 1 is 1.28 bits per heavy atom. The minimum absolute atomic E-state index is 0.0556. The molecule has 0 spiro atoms. The van der Waals surface area contributed by atoms with Crippen molar-refractivity contribution >= 4 is 17.3 Å². The Kier molecular flexibility index (Phi) is 4.42. The smallest absolute Gasteiger partial charge is 0.229 e. The van der Waals surface area contributed by atoms with Crippen LogP contribution in [0.15, 0.2) is 42.4 Å². The van der Waals surface area contributed by atoms with Crippen LogP contribution in [0, 0.1) is 5.92 Å². The molecule has 7 heteroatoms. The molecule has 0 aromatic carbocycles. The number of hydrogen-bond acceptors (Lipinski definition) is 4. The predicted octanol–water partition coefficient (Wildman–Crippen LogP) is 0.731. The van der Waals surface area contributed by atoms with E-state index in [1.165, 1.54) is 0 Å². The third-order valence-electron chi connectivity index (χ3n) is 6.01. The Hall–Kier alpha value is -3.02. The monoisotopic (exact) mass is 391 g/mol. The number of carbonyl (C=O) groups is 1. The SMILES string of the molecule is CC1CCN(C2=c3ccn(-c4ccn[nH]4)c3=C=CC(N3CCOC[C@H]3C)=C2)C1=O. The number of aromatic amines is 1. The molecule has 5 rings (SSSR count). The molecule has 4 heterocycles. The Labute approximate surface area is 169 Å². The molecule has 3 aliphatic rings. The van der Waals surface area contributed by atoms with Crippen molar-refractivity contribution in [2.45, 2.75) is 26.3 Å². The lowest BCUT2D eigenvalue weighted by Gasteiger charge is -2.36. The first-order chi connectivity index (χ1) is 14.1. The van der Waals surface area contributed by atoms with E-state index in [0.29, 0.717) is 13.2 Å². The second-order valence-electron chi connectivity index (χ2n) is 7.93. The third-order valence-corrected chi connectivity index (χ3v) is 6.01. The maximum Gasteiger partial charge on any atom is 0.229 e. The summed E-state index contributed by atoms with van der Waals surface area (Å²) in [5, 5.41) is 9.02. The van der Waals surface area contributed by atoms with E-state index in [0.717, 1.165) is 47.3 Å². The summed E-state index contributed by atoms with van der Waals surface area (Å²) < 4.78 is 7.65. The van der Waals surface area contributed by atoms with Crippen LogP contribution in [0.1, 0.15) is 20.3 Å². The molecule has 2 aromatic heterocycles. The fraction of sp³-hybridized carbons (Fsp3) is 0.409. The van der Waals surface area contributed by atoms with Crippen LogP contribution in [0.5, 0.6) is 0 Å². The van der Waals surface area contributed by atoms with Gasteiger partial charge in [0.1, 0.15) is 5.82 Å². The average molecular weight is 391 g/mol. The fourth-order valence-corrected chi connectivity index (χ4v) is 4.33. The lowest BCUT2D eigenvalue weighted by molar-refractivity contribution is -0.127. The van der Waals surface area contributed by atoms with Crippen LogP contribution in [0.3, 0.4) is 0 Å². The second-order valence-corrected chi connectivity index (χ2v) is 7.93. The van der Waals surface area contributed by atoms with Crippen LogP contribution in [-0.4, -0.2) is 62.8 Å². The molecule has 0 bridgehead atoms. The van der Waals surface area contributed by atoms with E-state index in [4.69, 9.17) is 4.74 Å². The number of nitrogens with one attached hydrogen (secondary N) is 1. The largest absolute Gasteiger partial charge is 0.377 e. The van der Waals surface area contributed by atoms with Crippen molar-refractivity contribution in [1.82, 2.24) is 24.6 Å². The molecule has 7 nitrogen and oxygen atoms in total. The summed E-state index contributed by atoms with van der Waals surface area (Å²) in [5.41, 5.74) is 5.50. The summed E-state index contributed by atoms with van der Waals surface area (Å²) in [6.07, 6.45) is 8.79. The highest BCUT2D eigenvalue weighted by atomic mass is 16.5. The van der Waals surface area contributed by atoms with Crippen LogP contribution < -0.4 is 10.6 Å². The minimum atomic E-state index is 0.0556. The van der Waals surface area contributed by atoms with Crippen LogP contribution >= 0.6 is 0 Å². The summed E-state index contributed by atoms with van der Waals surface area (Å²) in [6, 6.07) is 4.26. The van der Waals surface area contributed by atoms with Crippen LogP contribution in [-0.2, 0) is 9.53 Å². The number of nitrogens with zero attached hydrogens (tertiary/aromatic N) is 4. The normalized spacial score (nSPS) is 24.4. The van der Waals surface area contributed by atoms with Gasteiger partial charge in [-0.25, -0.2) is 0 Å². The van der Waals surface area contributed by atoms with Crippen molar-refractivity contribution in [2.24, 2.45) is 5.92 Å². The molecule has 150 valence electrons. The van der Waals surface area contributed by atoms with E-state index in [1.54, 1.807) is 6.20 Å². The Morgan fingerprint density at radius 2 is 2.17 bits per heavy atom. The summed E-state index contributed by atoms with van der Waals surface area (Å²) >= 11 is 0. The summed E-state index contributed by atoms with van der Waals surface area (Å²) in [6.45, 7) is 7.15. The van der Waals surface area contributed by atoms with Gasteiger partial charge in [0.2, 0.25) is 5.91 Å². The van der Waals surface area contributed by atoms with Gasteiger partial charge in [0, 0.05) is 54.3 Å². The molecule has 2 aliphatic heterocycles. The molecule has 1 unspecified atom stereocenters. The van der Waals surface area contributed by atoms with Crippen LogP contribution in [0.2, 0.25) is 0 Å². The third kappa shape index (κ3) is 3.03. The number of likely N-dealkylation sites (tertiary alicyclic amines) is 1. The van der Waals surface area contributed by atoms with Crippen molar-refractivity contribution in [3.63, 3.8) is 0 Å². The van der Waals surface area contributed by atoms with Gasteiger partial charge in [-0.1, -0.05) is 12.7 Å². The van der Waals surface area contributed by atoms with Gasteiger partial charge < -0.3 is 14.5 Å². The molecule has 1 amide bonds. The first-order valence-electron chi connectivity index (χ1n) is 10.2. The number of ether oxygens (including phenoxy) is 1. The highest BCUT2D eigenvalue weighted by Gasteiger charge is 2.31. The molecule has 0 radical (unpaired) electrons. The average Bonchev–Trinajstić information content (AvgIpc) is 3.43. The molecule has 29 heavy (non-hydrogen) atoms. The van der Waals surface area contributed by atoms with E-state index < -0.39 is 0 Å². The van der Waals surface area contributed by atoms with Crippen LogP contribution in [0.4, 0.5) is 0 Å². The van der Waals surface area contributed by atoms with Gasteiger partial charge in [0.25, 0.3) is 0 Å². The first-order valence-corrected chi connectivity index (χ1v) is 10.2. The van der Waals surface area contributed by atoms with Crippen molar-refractivity contribution in [2.75, 3.05) is 26.3 Å². The van der Waals surface area contributed by atoms with Crippen LogP contribution in [0.25, 0.3) is 17.2 Å². The van der Waals surface area contributed by atoms with Crippen molar-refractivity contribution in [1.29, 1.82) is 0 Å². The van der Waals surface area contributed by atoms with E-state index in [-0.39, 0.29) is 17.9 Å². The highest BCUT2D eigenvalue weighted by molar-refractivity contribution is 5.88. The number of amides is 1. The number of morpholine rings is 1. The molecule has 2 aromatic rings. The van der Waals surface area contributed by atoms with Gasteiger partial charge in [-0.3, -0.25) is 14.5 Å². The topological polar surface area (TPSA) is 66.4 Å². The van der Waals surface area contributed by atoms with Gasteiger partial charge in [0.15, 0.2) is 0 Å². The maximum absolute atomic E-state index is 12.9. The number of fused-ring (bicyclic) bond motifs is 1. The minimum Gasteiger partial charge on any atom is -0.377 e. The zero-order valence-electron chi connectivity index (χ0n) is 16.8. The molecular formula is C22H25N5O2. The number of rotatable bonds is 3. The van der Waals surface area contributed by atoms with E-state index >= 15 is 0 Å². The van der Waals surface area contributed by atoms with Crippen molar-refractivity contribution < 1.29 is 9.53 Å². The van der Waals surface area contributed by atoms with Gasteiger partial charge in [0.05, 0.1) is 30.5 Å². The number of H-pyrrole nitrogens is 1. The molecule has 2 saturated heterocycles. The molecule has 2 fully saturated rings. The van der Waals surface area contributed by atoms with Gasteiger partial charge in [-0.15, -0.1) is 0 Å². The number of carbonyl (C=O) groups excluding carboxylic acids is 1. The molecule has 0 saturated carbocycles. The summed E-state index contributed by atoms with van der Waals surface area (Å²) in [5.74, 6) is 1.11. The predicted molar refractivity (Wildman–Crippen MR) is 109 cm³/mol. The molecule has 1 aliphatic carbocycles. The van der Waals surface area contributed by atoms with E-state index in [9.17, 15) is 4.79 Å². The van der Waals surface area contributed by atoms with Gasteiger partial charge in [-0.05, 0) is 25.5 Å². The first kappa shape index (κ1) is 18.0. The molecule has 1 N–H and O–H groups in total. The second kappa shape index (κ2) is 7.10. The summed E-state index contributed by atoms with van der Waals surface area (Å²) in [7, 11) is 0. The number of allylic oxidation sites excluding steroid dienone is 1. The summed E-state index contributed by atoms with van der Waals surface area (Å²) in [4.78, 5) is 17.2. The zero-order valence-corrected chi connectivity index (χ0v) is 16.8. The number of hydrogen-bond donors (Lipinski definition) is 1. The zero-order chi connectivity index (χ0) is 20.0. The van der Waals surface area contributed by atoms with Crippen molar-refractivity contribution in [3.8, 4) is 5.82 Å². The Balaban J connectivity index is 1.72. The highest BCUT2D eigenvalue weighted by Crippen LogP contribution is 2.25. The standard InChI is InChI=1S/C22H25N5O2/c1-15-6-9-27(22(15)28)20-13-17(25-11-12-29-14-16(25)2)3-4-19-18(20)7-10-26(19)21-5-8-23-24-21/h3,5,7-8,10,13,15-16H,6,9,11-12,14H2,1-2H3,(H,23,24)/t15?,16-/m1/s1. The quantitative estimate of drug-likeness (QED) is 0.838. The lowest BCUT2D eigenvalue weighted by atomic mass is 10.1. The van der Waals surface area contributed by atoms with Crippen molar-refractivity contribution in [3.05, 3.63) is 52.9 Å². The van der Waals surface area contributed by atoms with E-state index in [1.807, 2.05) is 34.7 Å². The fourth-order valence-electron chi connectivity index (χ4n) is 4.33. The van der Waals surface area contributed by atoms with Gasteiger partial charge >= 0.3 is 0 Å². The molecular weight excluding hydrogens is 366 g/mol. The Morgan fingerprint density at radius 3 is 2.90 bits per heavy atom. The number of aromatic nitrogens is 3. The maximum atomic E-state index is 12.9. The van der Waals surface area contributed by atoms with E-state index in [2.05, 4.69) is 39.9 Å². The Bertz CT molecular complexity index is 1120. The van der Waals surface area contributed by atoms with Gasteiger partial charge in [-0.2, -0.15) is 5.10 Å².